The third-order valence-corrected chi connectivity index (χ3v) is 2.08. The van der Waals surface area contributed by atoms with E-state index in [1.165, 1.54) is 12.1 Å². The van der Waals surface area contributed by atoms with Gasteiger partial charge in [0.05, 0.1) is 6.42 Å². The molecule has 0 saturated carbocycles. The molecule has 0 spiro atoms. The second-order valence-corrected chi connectivity index (χ2v) is 4.16. The lowest BCUT2D eigenvalue weighted by molar-refractivity contribution is -0.120. The van der Waals surface area contributed by atoms with Crippen LogP contribution in [0.25, 0.3) is 0 Å². The Morgan fingerprint density at radius 1 is 1.50 bits per heavy atom. The van der Waals surface area contributed by atoms with Gasteiger partial charge in [0, 0.05) is 6.54 Å². The van der Waals surface area contributed by atoms with Gasteiger partial charge in [-0.3, -0.25) is 4.79 Å². The van der Waals surface area contributed by atoms with Gasteiger partial charge < -0.3 is 10.4 Å². The molecule has 4 heteroatoms. The Bertz CT molecular complexity index is 377. The number of amides is 1. The van der Waals surface area contributed by atoms with Crippen molar-refractivity contribution in [3.8, 4) is 5.75 Å². The first kappa shape index (κ1) is 12.5. The first-order valence-corrected chi connectivity index (χ1v) is 5.23. The van der Waals surface area contributed by atoms with E-state index in [2.05, 4.69) is 5.32 Å². The lowest BCUT2D eigenvalue weighted by Gasteiger charge is -2.07. The van der Waals surface area contributed by atoms with Gasteiger partial charge >= 0.3 is 0 Å². The zero-order chi connectivity index (χ0) is 12.1. The number of benzene rings is 1. The number of carbonyl (C=O) groups excluding carboxylic acids is 1. The maximum atomic E-state index is 12.7. The maximum Gasteiger partial charge on any atom is 0.224 e. The SMILES string of the molecule is CC(C)CNC(=O)Cc1ccc(F)c(O)c1. The number of aromatic hydroxyl groups is 1. The standard InChI is InChI=1S/C12H16FNO2/c1-8(2)7-14-12(16)6-9-3-4-10(13)11(15)5-9/h3-5,8,15H,6-7H2,1-2H3,(H,14,16). The Balaban J connectivity index is 2.53. The lowest BCUT2D eigenvalue weighted by Crippen LogP contribution is -2.28. The molecule has 0 aromatic heterocycles. The number of rotatable bonds is 4. The van der Waals surface area contributed by atoms with Crippen molar-refractivity contribution in [2.45, 2.75) is 20.3 Å². The fraction of sp³-hybridized carbons (Fsp3) is 0.417. The molecular weight excluding hydrogens is 209 g/mol. The molecule has 0 saturated heterocycles. The number of hydrogen-bond donors (Lipinski definition) is 2. The largest absolute Gasteiger partial charge is 0.505 e. The number of phenols is 1. The van der Waals surface area contributed by atoms with E-state index in [9.17, 15) is 9.18 Å². The van der Waals surface area contributed by atoms with Gasteiger partial charge in [0.1, 0.15) is 0 Å². The highest BCUT2D eigenvalue weighted by atomic mass is 19.1. The molecule has 1 amide bonds. The second-order valence-electron chi connectivity index (χ2n) is 4.16. The molecule has 1 aromatic rings. The number of phenolic OH excluding ortho intramolecular Hbond substituents is 1. The molecule has 0 fully saturated rings. The van der Waals surface area contributed by atoms with Crippen LogP contribution < -0.4 is 5.32 Å². The number of hydrogen-bond acceptors (Lipinski definition) is 2. The molecule has 88 valence electrons. The highest BCUT2D eigenvalue weighted by Crippen LogP contribution is 2.16. The van der Waals surface area contributed by atoms with Crippen LogP contribution in [0.5, 0.6) is 5.75 Å². The van der Waals surface area contributed by atoms with Crippen LogP contribution in [-0.2, 0) is 11.2 Å². The van der Waals surface area contributed by atoms with Crippen LogP contribution in [0.2, 0.25) is 0 Å². The predicted molar refractivity (Wildman–Crippen MR) is 59.6 cm³/mol. The van der Waals surface area contributed by atoms with E-state index in [0.29, 0.717) is 18.0 Å². The summed E-state index contributed by atoms with van der Waals surface area (Å²) in [6, 6.07) is 3.91. The molecule has 0 unspecified atom stereocenters. The lowest BCUT2D eigenvalue weighted by atomic mass is 10.1. The van der Waals surface area contributed by atoms with E-state index >= 15 is 0 Å². The summed E-state index contributed by atoms with van der Waals surface area (Å²) in [6.45, 7) is 4.63. The first-order chi connectivity index (χ1) is 7.49. The monoisotopic (exact) mass is 225 g/mol. The third-order valence-electron chi connectivity index (χ3n) is 2.08. The molecule has 1 aromatic carbocycles. The van der Waals surface area contributed by atoms with E-state index < -0.39 is 11.6 Å². The van der Waals surface area contributed by atoms with Crippen molar-refractivity contribution in [1.29, 1.82) is 0 Å². The fourth-order valence-corrected chi connectivity index (χ4v) is 1.23. The minimum atomic E-state index is -0.675. The normalized spacial score (nSPS) is 10.5. The topological polar surface area (TPSA) is 49.3 Å². The zero-order valence-corrected chi connectivity index (χ0v) is 9.46. The first-order valence-electron chi connectivity index (χ1n) is 5.23. The summed E-state index contributed by atoms with van der Waals surface area (Å²) in [4.78, 5) is 11.4. The van der Waals surface area contributed by atoms with E-state index in [-0.39, 0.29) is 12.3 Å². The summed E-state index contributed by atoms with van der Waals surface area (Å²) in [5.74, 6) is -0.828. The Kier molecular flexibility index (Phi) is 4.28. The molecule has 0 radical (unpaired) electrons. The summed E-state index contributed by atoms with van der Waals surface area (Å²) in [6.07, 6.45) is 0.153. The molecule has 0 bridgehead atoms. The fourth-order valence-electron chi connectivity index (χ4n) is 1.23. The average Bonchev–Trinajstić information content (AvgIpc) is 2.21. The van der Waals surface area contributed by atoms with Gasteiger partial charge in [0.2, 0.25) is 5.91 Å². The van der Waals surface area contributed by atoms with Gasteiger partial charge in [0.25, 0.3) is 0 Å². The van der Waals surface area contributed by atoms with Crippen molar-refractivity contribution in [3.63, 3.8) is 0 Å². The van der Waals surface area contributed by atoms with Crippen molar-refractivity contribution < 1.29 is 14.3 Å². The Labute approximate surface area is 94.3 Å². The molecule has 0 aliphatic rings. The number of carbonyl (C=O) groups is 1. The van der Waals surface area contributed by atoms with E-state index in [4.69, 9.17) is 5.11 Å². The summed E-state index contributed by atoms with van der Waals surface area (Å²) in [5.41, 5.74) is 0.597. The van der Waals surface area contributed by atoms with Gasteiger partial charge in [-0.15, -0.1) is 0 Å². The van der Waals surface area contributed by atoms with Crippen LogP contribution in [0.4, 0.5) is 4.39 Å². The van der Waals surface area contributed by atoms with Crippen molar-refractivity contribution in [2.75, 3.05) is 6.54 Å². The molecule has 0 atom stereocenters. The molecule has 3 nitrogen and oxygen atoms in total. The smallest absolute Gasteiger partial charge is 0.224 e. The van der Waals surface area contributed by atoms with Crippen LogP contribution in [0.1, 0.15) is 19.4 Å². The summed E-state index contributed by atoms with van der Waals surface area (Å²) >= 11 is 0. The zero-order valence-electron chi connectivity index (χ0n) is 9.46. The van der Waals surface area contributed by atoms with Crippen LogP contribution in [-0.4, -0.2) is 17.6 Å². The molecular formula is C12H16FNO2. The van der Waals surface area contributed by atoms with Crippen molar-refractivity contribution in [1.82, 2.24) is 5.32 Å². The number of nitrogens with one attached hydrogen (secondary N) is 1. The summed E-state index contributed by atoms with van der Waals surface area (Å²) < 4.78 is 12.7. The maximum absolute atomic E-state index is 12.7. The Morgan fingerprint density at radius 2 is 2.19 bits per heavy atom. The molecule has 16 heavy (non-hydrogen) atoms. The molecule has 0 aliphatic carbocycles. The van der Waals surface area contributed by atoms with Crippen LogP contribution in [0, 0.1) is 11.7 Å². The Morgan fingerprint density at radius 3 is 2.75 bits per heavy atom. The van der Waals surface area contributed by atoms with E-state index in [1.54, 1.807) is 0 Å². The molecule has 0 aliphatic heterocycles. The van der Waals surface area contributed by atoms with Crippen molar-refractivity contribution >= 4 is 5.91 Å². The highest BCUT2D eigenvalue weighted by Gasteiger charge is 2.06. The van der Waals surface area contributed by atoms with Gasteiger partial charge in [-0.05, 0) is 23.6 Å². The Hall–Kier alpha value is -1.58. The van der Waals surface area contributed by atoms with Crippen molar-refractivity contribution in [2.24, 2.45) is 5.92 Å². The summed E-state index contributed by atoms with van der Waals surface area (Å²) in [7, 11) is 0. The van der Waals surface area contributed by atoms with Crippen molar-refractivity contribution in [3.05, 3.63) is 29.6 Å². The quantitative estimate of drug-likeness (QED) is 0.821. The van der Waals surface area contributed by atoms with Crippen LogP contribution in [0.15, 0.2) is 18.2 Å². The average molecular weight is 225 g/mol. The number of halogens is 1. The minimum Gasteiger partial charge on any atom is -0.505 e. The minimum absolute atomic E-state index is 0.125. The van der Waals surface area contributed by atoms with E-state index in [1.807, 2.05) is 13.8 Å². The van der Waals surface area contributed by atoms with Crippen LogP contribution in [0.3, 0.4) is 0 Å². The van der Waals surface area contributed by atoms with Gasteiger partial charge in [0.15, 0.2) is 11.6 Å². The van der Waals surface area contributed by atoms with Gasteiger partial charge in [-0.2, -0.15) is 0 Å². The second kappa shape index (κ2) is 5.49. The molecule has 0 heterocycles. The predicted octanol–water partition coefficient (Wildman–Crippen LogP) is 1.85. The summed E-state index contributed by atoms with van der Waals surface area (Å²) in [5, 5.41) is 11.9. The van der Waals surface area contributed by atoms with Gasteiger partial charge in [-0.25, -0.2) is 4.39 Å². The molecule has 1 rings (SSSR count). The third kappa shape index (κ3) is 3.88. The van der Waals surface area contributed by atoms with Crippen LogP contribution >= 0.6 is 0 Å². The molecule has 2 N–H and O–H groups in total. The highest BCUT2D eigenvalue weighted by molar-refractivity contribution is 5.78. The van der Waals surface area contributed by atoms with E-state index in [0.717, 1.165) is 6.07 Å². The van der Waals surface area contributed by atoms with Gasteiger partial charge in [-0.1, -0.05) is 19.9 Å².